The quantitative estimate of drug-likeness (QED) is 0.816. The van der Waals surface area contributed by atoms with Gasteiger partial charge in [-0.05, 0) is 39.3 Å². The molecule has 25 heavy (non-hydrogen) atoms. The topological polar surface area (TPSA) is 60.5 Å². The van der Waals surface area contributed by atoms with E-state index in [1.165, 1.54) is 0 Å². The second-order valence-corrected chi connectivity index (χ2v) is 7.29. The Balaban J connectivity index is 2.18. The molecular weight excluding hydrogens is 336 g/mol. The van der Waals surface area contributed by atoms with Gasteiger partial charge in [0, 0.05) is 12.1 Å². The van der Waals surface area contributed by atoms with Crippen molar-refractivity contribution in [1.82, 2.24) is 10.3 Å². The highest BCUT2D eigenvalue weighted by Gasteiger charge is 2.17. The highest BCUT2D eigenvalue weighted by atomic mass is 32.1. The molecule has 0 saturated carbocycles. The summed E-state index contributed by atoms with van der Waals surface area (Å²) in [5.41, 5.74) is 4.07. The molecule has 1 heterocycles. The van der Waals surface area contributed by atoms with E-state index in [0.29, 0.717) is 5.75 Å². The molecule has 5 nitrogen and oxygen atoms in total. The van der Waals surface area contributed by atoms with Gasteiger partial charge in [0.2, 0.25) is 0 Å². The number of carbonyl (C=O) groups is 1. The van der Waals surface area contributed by atoms with Crippen LogP contribution in [0.15, 0.2) is 23.7 Å². The Morgan fingerprint density at radius 2 is 2.16 bits per heavy atom. The van der Waals surface area contributed by atoms with E-state index in [2.05, 4.69) is 16.2 Å². The van der Waals surface area contributed by atoms with Crippen LogP contribution in [0.5, 0.6) is 5.75 Å². The van der Waals surface area contributed by atoms with Gasteiger partial charge in [0.15, 0.2) is 0 Å². The number of nitrogens with one attached hydrogen (secondary N) is 1. The maximum absolute atomic E-state index is 11.8. The molecule has 2 rings (SSSR count). The lowest BCUT2D eigenvalue weighted by Crippen LogP contribution is -2.32. The molecule has 1 aromatic heterocycles. The molecule has 0 fully saturated rings. The van der Waals surface area contributed by atoms with Gasteiger partial charge in [-0.1, -0.05) is 18.1 Å². The summed E-state index contributed by atoms with van der Waals surface area (Å²) in [4.78, 5) is 17.2. The molecule has 2 aromatic rings. The lowest BCUT2D eigenvalue weighted by molar-refractivity contribution is 0.0523. The lowest BCUT2D eigenvalue weighted by Gasteiger charge is -2.20. The van der Waals surface area contributed by atoms with E-state index in [-0.39, 0.29) is 13.2 Å². The van der Waals surface area contributed by atoms with Crippen LogP contribution in [0.4, 0.5) is 4.79 Å². The maximum atomic E-state index is 11.8. The summed E-state index contributed by atoms with van der Waals surface area (Å²) < 4.78 is 10.9. The zero-order chi connectivity index (χ0) is 18.4. The fourth-order valence-corrected chi connectivity index (χ4v) is 2.96. The number of aromatic nitrogens is 1. The van der Waals surface area contributed by atoms with Gasteiger partial charge >= 0.3 is 6.09 Å². The molecule has 0 unspecified atom stereocenters. The minimum atomic E-state index is -0.541. The summed E-state index contributed by atoms with van der Waals surface area (Å²) in [6, 6.07) is 5.82. The van der Waals surface area contributed by atoms with E-state index >= 15 is 0 Å². The van der Waals surface area contributed by atoms with Gasteiger partial charge in [-0.3, -0.25) is 0 Å². The van der Waals surface area contributed by atoms with Crippen LogP contribution in [0.2, 0.25) is 0 Å². The predicted octanol–water partition coefficient (Wildman–Crippen LogP) is 4.16. The molecular formula is C19H22N2O3S. The molecule has 0 aliphatic rings. The lowest BCUT2D eigenvalue weighted by atomic mass is 10.1. The second-order valence-electron chi connectivity index (χ2n) is 6.44. The number of hydrogen-bond acceptors (Lipinski definition) is 5. The first-order chi connectivity index (χ1) is 11.8. The molecule has 0 saturated heterocycles. The highest BCUT2D eigenvalue weighted by Crippen LogP contribution is 2.32. The summed E-state index contributed by atoms with van der Waals surface area (Å²) in [6.07, 6.45) is 4.83. The summed E-state index contributed by atoms with van der Waals surface area (Å²) >= 11 is 1.57. The predicted molar refractivity (Wildman–Crippen MR) is 99.7 cm³/mol. The van der Waals surface area contributed by atoms with Crippen molar-refractivity contribution in [2.75, 3.05) is 6.61 Å². The van der Waals surface area contributed by atoms with Gasteiger partial charge in [0.05, 0.1) is 16.1 Å². The van der Waals surface area contributed by atoms with Gasteiger partial charge in [-0.2, -0.15) is 0 Å². The number of ether oxygens (including phenoxy) is 2. The Morgan fingerprint density at radius 3 is 2.76 bits per heavy atom. The normalized spacial score (nSPS) is 10.8. The molecule has 1 N–H and O–H groups in total. The van der Waals surface area contributed by atoms with Crippen LogP contribution >= 0.6 is 11.3 Å². The molecule has 0 spiro atoms. The number of aryl methyl sites for hydroxylation is 1. The minimum absolute atomic E-state index is 0.157. The first-order valence-corrected chi connectivity index (χ1v) is 8.74. The molecule has 1 amide bonds. The van der Waals surface area contributed by atoms with Gasteiger partial charge in [-0.15, -0.1) is 17.8 Å². The minimum Gasteiger partial charge on any atom is -0.481 e. The number of alkyl carbamates (subject to hydrolysis) is 1. The largest absolute Gasteiger partial charge is 0.481 e. The van der Waals surface area contributed by atoms with Crippen molar-refractivity contribution in [2.24, 2.45) is 0 Å². The van der Waals surface area contributed by atoms with Crippen LogP contribution in [-0.4, -0.2) is 23.3 Å². The molecule has 0 atom stereocenters. The monoisotopic (exact) mass is 358 g/mol. The molecule has 0 aliphatic carbocycles. The number of amides is 1. The smallest absolute Gasteiger partial charge is 0.407 e. The van der Waals surface area contributed by atoms with Gasteiger partial charge < -0.3 is 14.8 Å². The molecule has 0 aliphatic heterocycles. The van der Waals surface area contributed by atoms with Crippen molar-refractivity contribution in [2.45, 2.75) is 39.8 Å². The fourth-order valence-electron chi connectivity index (χ4n) is 2.16. The first kappa shape index (κ1) is 18.8. The Morgan fingerprint density at radius 1 is 1.40 bits per heavy atom. The molecule has 0 radical (unpaired) electrons. The van der Waals surface area contributed by atoms with Gasteiger partial charge in [-0.25, -0.2) is 9.78 Å². The van der Waals surface area contributed by atoms with Crippen LogP contribution in [-0.2, 0) is 11.3 Å². The average molecular weight is 358 g/mol. The molecule has 1 aromatic carbocycles. The summed E-state index contributed by atoms with van der Waals surface area (Å²) in [5, 5.41) is 2.74. The van der Waals surface area contributed by atoms with Gasteiger partial charge in [0.1, 0.15) is 18.0 Å². The number of hydrogen-bond donors (Lipinski definition) is 1. The van der Waals surface area contributed by atoms with Crippen molar-refractivity contribution in [1.29, 1.82) is 0 Å². The molecule has 6 heteroatoms. The highest BCUT2D eigenvalue weighted by molar-refractivity contribution is 7.13. The molecule has 132 valence electrons. The van der Waals surface area contributed by atoms with Crippen molar-refractivity contribution in [3.05, 3.63) is 35.0 Å². The summed E-state index contributed by atoms with van der Waals surface area (Å²) in [5.74, 6) is 3.10. The van der Waals surface area contributed by atoms with Crippen LogP contribution in [0.1, 0.15) is 32.0 Å². The van der Waals surface area contributed by atoms with E-state index in [9.17, 15) is 4.79 Å². The number of thiazole rings is 1. The number of terminal acetylenes is 1. The fraction of sp³-hybridized carbons (Fsp3) is 0.368. The first-order valence-electron chi connectivity index (χ1n) is 7.86. The van der Waals surface area contributed by atoms with E-state index < -0.39 is 11.7 Å². The number of carbonyl (C=O) groups excluding carboxylic acids is 1. The molecule has 0 bridgehead atoms. The van der Waals surface area contributed by atoms with Gasteiger partial charge in [0.25, 0.3) is 0 Å². The maximum Gasteiger partial charge on any atom is 0.407 e. The third-order valence-corrected chi connectivity index (χ3v) is 4.19. The summed E-state index contributed by atoms with van der Waals surface area (Å²) in [6.45, 7) is 7.87. The SMILES string of the molecule is C#CCOc1cc(-c2scnc2C)ccc1CNC(=O)OC(C)(C)C. The number of benzene rings is 1. The number of rotatable bonds is 5. The van der Waals surface area contributed by atoms with E-state index in [4.69, 9.17) is 15.9 Å². The van der Waals surface area contributed by atoms with E-state index in [1.807, 2.05) is 51.4 Å². The van der Waals surface area contributed by atoms with E-state index in [1.54, 1.807) is 11.3 Å². The van der Waals surface area contributed by atoms with Crippen molar-refractivity contribution in [3.63, 3.8) is 0 Å². The Hall–Kier alpha value is -2.52. The van der Waals surface area contributed by atoms with Crippen LogP contribution in [0.3, 0.4) is 0 Å². The zero-order valence-corrected chi connectivity index (χ0v) is 15.7. The second kappa shape index (κ2) is 8.04. The van der Waals surface area contributed by atoms with Crippen molar-refractivity contribution in [3.8, 4) is 28.5 Å². The van der Waals surface area contributed by atoms with Crippen LogP contribution in [0, 0.1) is 19.3 Å². The summed E-state index contributed by atoms with van der Waals surface area (Å²) in [7, 11) is 0. The van der Waals surface area contributed by atoms with Crippen molar-refractivity contribution < 1.29 is 14.3 Å². The van der Waals surface area contributed by atoms with Crippen LogP contribution < -0.4 is 10.1 Å². The van der Waals surface area contributed by atoms with Crippen LogP contribution in [0.25, 0.3) is 10.4 Å². The zero-order valence-electron chi connectivity index (χ0n) is 14.9. The van der Waals surface area contributed by atoms with Crippen molar-refractivity contribution >= 4 is 17.4 Å². The Kier molecular flexibility index (Phi) is 6.05. The number of nitrogens with zero attached hydrogens (tertiary/aromatic N) is 1. The Labute approximate surface area is 152 Å². The third-order valence-electron chi connectivity index (χ3n) is 3.21. The third kappa shape index (κ3) is 5.50. The van der Waals surface area contributed by atoms with E-state index in [0.717, 1.165) is 21.7 Å². The average Bonchev–Trinajstić information content (AvgIpc) is 2.95. The standard InChI is InChI=1S/C19H22N2O3S/c1-6-9-23-16-10-14(17-13(2)21-12-25-17)7-8-15(16)11-20-18(22)24-19(3,4)5/h1,7-8,10,12H,9,11H2,2-5H3,(H,20,22). The Bertz CT molecular complexity index is 785.